The number of carbonyl (C=O) groups is 2. The van der Waals surface area contributed by atoms with Crippen LogP contribution in [0.15, 0.2) is 48.6 Å². The highest BCUT2D eigenvalue weighted by atomic mass is 31.2. The molecule has 0 aliphatic carbocycles. The van der Waals surface area contributed by atoms with Crippen LogP contribution in [0.5, 0.6) is 0 Å². The lowest BCUT2D eigenvalue weighted by Crippen LogP contribution is -2.29. The van der Waals surface area contributed by atoms with Gasteiger partial charge in [-0.25, -0.2) is 4.57 Å². The Hall–Kier alpha value is -1.99. The molecule has 2 N–H and O–H groups in total. The molecule has 0 aromatic rings. The molecule has 8 nitrogen and oxygen atoms in total. The topological polar surface area (TPSA) is 119 Å². The van der Waals surface area contributed by atoms with Crippen molar-refractivity contribution in [2.75, 3.05) is 13.2 Å². The van der Waals surface area contributed by atoms with Gasteiger partial charge < -0.3 is 19.3 Å². The molecule has 0 heterocycles. The summed E-state index contributed by atoms with van der Waals surface area (Å²) in [7, 11) is -4.77. The van der Waals surface area contributed by atoms with E-state index < -0.39 is 32.5 Å². The standard InChI is InChI=1S/C45H81O8P/c1-3-5-7-9-11-13-15-17-19-20-21-22-23-24-26-27-29-31-33-35-37-39-44(46)51-41-43(42-52-54(48,49)50)53-45(47)40-38-36-34-32-30-28-25-18-16-14-12-10-8-6-4-2/h6,8,12,14,18,25,30,32,43H,3-5,7,9-11,13,15-17,19-24,26-29,31,33-42H2,1-2H3,(H2,48,49,50)/b8-6+,14-12+,25-18+,32-30+/t43-/m1/s1. The monoisotopic (exact) mass is 781 g/mol. The van der Waals surface area contributed by atoms with Gasteiger partial charge in [-0.1, -0.05) is 191 Å². The van der Waals surface area contributed by atoms with Crippen LogP contribution in [0.2, 0.25) is 0 Å². The summed E-state index contributed by atoms with van der Waals surface area (Å²) in [6.45, 7) is 3.55. The smallest absolute Gasteiger partial charge is 0.462 e. The van der Waals surface area contributed by atoms with Crippen LogP contribution >= 0.6 is 7.82 Å². The molecular formula is C45H81O8P. The van der Waals surface area contributed by atoms with E-state index in [-0.39, 0.29) is 19.4 Å². The van der Waals surface area contributed by atoms with Gasteiger partial charge in [0.1, 0.15) is 6.61 Å². The molecule has 0 aliphatic heterocycles. The number of phosphoric acid groups is 1. The first-order valence-electron chi connectivity index (χ1n) is 21.9. The minimum atomic E-state index is -4.77. The van der Waals surface area contributed by atoms with Gasteiger partial charge >= 0.3 is 19.8 Å². The van der Waals surface area contributed by atoms with Crippen LogP contribution in [-0.2, 0) is 28.2 Å². The molecule has 54 heavy (non-hydrogen) atoms. The first kappa shape index (κ1) is 52.0. The predicted molar refractivity (Wildman–Crippen MR) is 225 cm³/mol. The molecule has 0 rings (SSSR count). The zero-order valence-electron chi connectivity index (χ0n) is 34.6. The third-order valence-electron chi connectivity index (χ3n) is 9.36. The summed E-state index contributed by atoms with van der Waals surface area (Å²) >= 11 is 0. The molecule has 0 aromatic carbocycles. The van der Waals surface area contributed by atoms with E-state index in [1.807, 2.05) is 0 Å². The zero-order valence-corrected chi connectivity index (χ0v) is 35.5. The number of carbonyl (C=O) groups excluding carboxylic acids is 2. The summed E-state index contributed by atoms with van der Waals surface area (Å²) in [5.41, 5.74) is 0. The van der Waals surface area contributed by atoms with Gasteiger partial charge in [0.05, 0.1) is 6.61 Å². The summed E-state index contributed by atoms with van der Waals surface area (Å²) in [5, 5.41) is 0. The van der Waals surface area contributed by atoms with E-state index in [4.69, 9.17) is 19.3 Å². The molecule has 0 bridgehead atoms. The van der Waals surface area contributed by atoms with Gasteiger partial charge in [0, 0.05) is 12.8 Å². The van der Waals surface area contributed by atoms with E-state index in [2.05, 4.69) is 67.0 Å². The van der Waals surface area contributed by atoms with Crippen molar-refractivity contribution in [1.82, 2.24) is 0 Å². The number of hydrogen-bond donors (Lipinski definition) is 2. The second-order valence-corrected chi connectivity index (χ2v) is 15.9. The Morgan fingerprint density at radius 3 is 1.33 bits per heavy atom. The van der Waals surface area contributed by atoms with Crippen LogP contribution in [0.25, 0.3) is 0 Å². The molecule has 9 heteroatoms. The molecule has 0 fully saturated rings. The first-order chi connectivity index (χ1) is 26.3. The van der Waals surface area contributed by atoms with Gasteiger partial charge in [0.25, 0.3) is 0 Å². The summed E-state index contributed by atoms with van der Waals surface area (Å²) in [6, 6.07) is 0. The van der Waals surface area contributed by atoms with Crippen LogP contribution in [0.4, 0.5) is 0 Å². The van der Waals surface area contributed by atoms with Gasteiger partial charge in [-0.3, -0.25) is 14.1 Å². The highest BCUT2D eigenvalue weighted by Gasteiger charge is 2.22. The third kappa shape index (κ3) is 42.7. The lowest BCUT2D eigenvalue weighted by Gasteiger charge is -2.18. The average Bonchev–Trinajstić information content (AvgIpc) is 3.14. The van der Waals surface area contributed by atoms with Crippen molar-refractivity contribution >= 4 is 19.8 Å². The molecule has 0 saturated heterocycles. The van der Waals surface area contributed by atoms with Crippen molar-refractivity contribution in [2.45, 2.75) is 213 Å². The molecule has 0 unspecified atom stereocenters. The van der Waals surface area contributed by atoms with Gasteiger partial charge in [-0.05, 0) is 51.4 Å². The Morgan fingerprint density at radius 1 is 0.500 bits per heavy atom. The Bertz CT molecular complexity index is 1020. The maximum Gasteiger partial charge on any atom is 0.469 e. The third-order valence-corrected chi connectivity index (χ3v) is 9.85. The van der Waals surface area contributed by atoms with E-state index in [1.165, 1.54) is 116 Å². The molecule has 0 radical (unpaired) electrons. The Labute approximate surface area is 331 Å². The minimum absolute atomic E-state index is 0.160. The molecule has 0 amide bonds. The van der Waals surface area contributed by atoms with Crippen molar-refractivity contribution in [3.63, 3.8) is 0 Å². The maximum atomic E-state index is 12.4. The van der Waals surface area contributed by atoms with Gasteiger partial charge in [0.2, 0.25) is 0 Å². The molecule has 0 aromatic heterocycles. The molecule has 1 atom stereocenters. The summed E-state index contributed by atoms with van der Waals surface area (Å²) in [5.74, 6) is -0.928. The van der Waals surface area contributed by atoms with Crippen molar-refractivity contribution in [1.29, 1.82) is 0 Å². The van der Waals surface area contributed by atoms with E-state index in [0.717, 1.165) is 57.8 Å². The largest absolute Gasteiger partial charge is 0.469 e. The maximum absolute atomic E-state index is 12.4. The van der Waals surface area contributed by atoms with Crippen LogP contribution in [0.3, 0.4) is 0 Å². The molecule has 314 valence electrons. The Balaban J connectivity index is 3.89. The highest BCUT2D eigenvalue weighted by molar-refractivity contribution is 7.46. The molecule has 0 saturated carbocycles. The van der Waals surface area contributed by atoms with Crippen molar-refractivity contribution in [2.24, 2.45) is 0 Å². The minimum Gasteiger partial charge on any atom is -0.462 e. The Morgan fingerprint density at radius 2 is 0.889 bits per heavy atom. The van der Waals surface area contributed by atoms with Crippen molar-refractivity contribution < 1.29 is 37.9 Å². The fraction of sp³-hybridized carbons (Fsp3) is 0.778. The van der Waals surface area contributed by atoms with Gasteiger partial charge in [-0.2, -0.15) is 0 Å². The van der Waals surface area contributed by atoms with Crippen molar-refractivity contribution in [3.8, 4) is 0 Å². The average molecular weight is 781 g/mol. The lowest BCUT2D eigenvalue weighted by atomic mass is 10.0. The zero-order chi connectivity index (χ0) is 39.6. The Kier molecular flexibility index (Phi) is 39.2. The normalized spacial score (nSPS) is 12.9. The lowest BCUT2D eigenvalue weighted by molar-refractivity contribution is -0.161. The van der Waals surface area contributed by atoms with Crippen LogP contribution in [-0.4, -0.2) is 41.0 Å². The second kappa shape index (κ2) is 40.7. The number of ether oxygens (including phenoxy) is 2. The number of hydrogen-bond acceptors (Lipinski definition) is 6. The van der Waals surface area contributed by atoms with E-state index >= 15 is 0 Å². The van der Waals surface area contributed by atoms with Gasteiger partial charge in [-0.15, -0.1) is 0 Å². The fourth-order valence-corrected chi connectivity index (χ4v) is 6.49. The summed E-state index contributed by atoms with van der Waals surface area (Å²) in [4.78, 5) is 42.9. The highest BCUT2D eigenvalue weighted by Crippen LogP contribution is 2.36. The number of esters is 2. The van der Waals surface area contributed by atoms with Crippen molar-refractivity contribution in [3.05, 3.63) is 48.6 Å². The number of allylic oxidation sites excluding steroid dienone is 8. The number of phosphoric ester groups is 1. The molecule has 0 spiro atoms. The summed E-state index contributed by atoms with van der Waals surface area (Å²) < 4.78 is 26.4. The first-order valence-corrected chi connectivity index (χ1v) is 23.5. The predicted octanol–water partition coefficient (Wildman–Crippen LogP) is 13.5. The van der Waals surface area contributed by atoms with Crippen LogP contribution < -0.4 is 0 Å². The van der Waals surface area contributed by atoms with E-state index in [0.29, 0.717) is 6.42 Å². The van der Waals surface area contributed by atoms with E-state index in [1.54, 1.807) is 0 Å². The van der Waals surface area contributed by atoms with Gasteiger partial charge in [0.15, 0.2) is 6.10 Å². The second-order valence-electron chi connectivity index (χ2n) is 14.6. The fourth-order valence-electron chi connectivity index (χ4n) is 6.13. The van der Waals surface area contributed by atoms with Crippen LogP contribution in [0.1, 0.15) is 206 Å². The van der Waals surface area contributed by atoms with Crippen LogP contribution in [0, 0.1) is 0 Å². The SMILES string of the molecule is CC/C=C/C/C=C/C/C=C/C/C=C/CCCCC(=O)O[C@H](COC(=O)CCCCCCCCCCCCCCCCCCCCCCC)COP(=O)(O)O. The molecule has 0 aliphatic rings. The molecular weight excluding hydrogens is 699 g/mol. The van der Waals surface area contributed by atoms with E-state index in [9.17, 15) is 14.2 Å². The number of unbranched alkanes of at least 4 members (excludes halogenated alkanes) is 22. The quantitative estimate of drug-likeness (QED) is 0.0273. The number of rotatable bonds is 40. The summed E-state index contributed by atoms with van der Waals surface area (Å²) in [6.07, 6.45) is 49.9.